The fourth-order valence-corrected chi connectivity index (χ4v) is 3.26. The first kappa shape index (κ1) is 13.4. The van der Waals surface area contributed by atoms with Crippen LogP contribution in [-0.4, -0.2) is 30.1 Å². The van der Waals surface area contributed by atoms with Gasteiger partial charge in [-0.15, -0.1) is 0 Å². The molecular formula is C16H23ClN2. The Morgan fingerprint density at radius 2 is 2.16 bits per heavy atom. The molecule has 1 aromatic rings. The van der Waals surface area contributed by atoms with Crippen molar-refractivity contribution in [2.45, 2.75) is 51.2 Å². The highest BCUT2D eigenvalue weighted by Gasteiger charge is 2.31. The van der Waals surface area contributed by atoms with Gasteiger partial charge in [0.25, 0.3) is 0 Å². The second-order valence-electron chi connectivity index (χ2n) is 6.02. The van der Waals surface area contributed by atoms with Crippen LogP contribution in [0, 0.1) is 6.92 Å². The molecule has 1 aliphatic carbocycles. The summed E-state index contributed by atoms with van der Waals surface area (Å²) >= 11 is 6.04. The third-order valence-electron chi connectivity index (χ3n) is 4.36. The lowest BCUT2D eigenvalue weighted by molar-refractivity contribution is 0.231. The lowest BCUT2D eigenvalue weighted by Crippen LogP contribution is -2.38. The Kier molecular flexibility index (Phi) is 4.11. The van der Waals surface area contributed by atoms with E-state index >= 15 is 0 Å². The number of aryl methyl sites for hydroxylation is 1. The molecule has 2 aliphatic rings. The highest BCUT2D eigenvalue weighted by atomic mass is 35.5. The number of rotatable bonds is 5. The predicted molar refractivity (Wildman–Crippen MR) is 80.6 cm³/mol. The fourth-order valence-electron chi connectivity index (χ4n) is 3.03. The van der Waals surface area contributed by atoms with Gasteiger partial charge in [-0.2, -0.15) is 0 Å². The van der Waals surface area contributed by atoms with Crippen molar-refractivity contribution in [2.24, 2.45) is 0 Å². The van der Waals surface area contributed by atoms with Crippen molar-refractivity contribution in [2.75, 3.05) is 13.1 Å². The first-order chi connectivity index (χ1) is 9.22. The van der Waals surface area contributed by atoms with E-state index in [1.807, 2.05) is 6.07 Å². The predicted octanol–water partition coefficient (Wildman–Crippen LogP) is 3.36. The molecule has 1 aromatic carbocycles. The number of benzene rings is 1. The molecule has 1 saturated carbocycles. The van der Waals surface area contributed by atoms with E-state index in [0.29, 0.717) is 6.04 Å². The molecule has 3 heteroatoms. The number of hydrogen-bond acceptors (Lipinski definition) is 2. The van der Waals surface area contributed by atoms with Crippen molar-refractivity contribution in [3.63, 3.8) is 0 Å². The van der Waals surface area contributed by atoms with Gasteiger partial charge in [-0.05, 0) is 62.4 Å². The molecule has 2 fully saturated rings. The SMILES string of the molecule is Cc1cc(Cl)ccc1CN(CC1CCCN1)C1CC1. The summed E-state index contributed by atoms with van der Waals surface area (Å²) in [4.78, 5) is 2.67. The van der Waals surface area contributed by atoms with Crippen LogP contribution in [0.3, 0.4) is 0 Å². The van der Waals surface area contributed by atoms with Crippen molar-refractivity contribution in [1.29, 1.82) is 0 Å². The lowest BCUT2D eigenvalue weighted by atomic mass is 10.1. The molecule has 1 N–H and O–H groups in total. The molecule has 19 heavy (non-hydrogen) atoms. The van der Waals surface area contributed by atoms with E-state index < -0.39 is 0 Å². The standard InChI is InChI=1S/C16H23ClN2/c1-12-9-14(17)5-4-13(12)10-19(16-6-7-16)11-15-3-2-8-18-15/h4-5,9,15-16,18H,2-3,6-8,10-11H2,1H3. The van der Waals surface area contributed by atoms with E-state index in [4.69, 9.17) is 11.6 Å². The average Bonchev–Trinajstić information content (AvgIpc) is 3.10. The molecule has 3 rings (SSSR count). The van der Waals surface area contributed by atoms with Crippen LogP contribution in [0.1, 0.15) is 36.8 Å². The normalized spacial score (nSPS) is 23.2. The molecule has 0 spiro atoms. The molecule has 0 aromatic heterocycles. The van der Waals surface area contributed by atoms with Crippen molar-refractivity contribution in [1.82, 2.24) is 10.2 Å². The average molecular weight is 279 g/mol. The summed E-state index contributed by atoms with van der Waals surface area (Å²) in [6, 6.07) is 7.80. The first-order valence-corrected chi connectivity index (χ1v) is 7.82. The van der Waals surface area contributed by atoms with Crippen molar-refractivity contribution < 1.29 is 0 Å². The number of nitrogens with zero attached hydrogens (tertiary/aromatic N) is 1. The van der Waals surface area contributed by atoms with Crippen LogP contribution in [0.4, 0.5) is 0 Å². The van der Waals surface area contributed by atoms with Crippen LogP contribution >= 0.6 is 11.6 Å². The molecule has 1 atom stereocenters. The Hall–Kier alpha value is -0.570. The molecular weight excluding hydrogens is 256 g/mol. The van der Waals surface area contributed by atoms with Gasteiger partial charge in [0.15, 0.2) is 0 Å². The number of halogens is 1. The van der Waals surface area contributed by atoms with Crippen LogP contribution in [0.5, 0.6) is 0 Å². The van der Waals surface area contributed by atoms with Gasteiger partial charge in [0, 0.05) is 30.2 Å². The third kappa shape index (κ3) is 3.50. The zero-order chi connectivity index (χ0) is 13.2. The van der Waals surface area contributed by atoms with Gasteiger partial charge in [-0.25, -0.2) is 0 Å². The highest BCUT2D eigenvalue weighted by molar-refractivity contribution is 6.30. The van der Waals surface area contributed by atoms with Crippen LogP contribution in [-0.2, 0) is 6.54 Å². The summed E-state index contributed by atoms with van der Waals surface area (Å²) in [5.74, 6) is 0. The summed E-state index contributed by atoms with van der Waals surface area (Å²) in [7, 11) is 0. The van der Waals surface area contributed by atoms with Crippen molar-refractivity contribution in [3.05, 3.63) is 34.3 Å². The van der Waals surface area contributed by atoms with Gasteiger partial charge in [0.1, 0.15) is 0 Å². The quantitative estimate of drug-likeness (QED) is 0.888. The smallest absolute Gasteiger partial charge is 0.0408 e. The third-order valence-corrected chi connectivity index (χ3v) is 4.59. The fraction of sp³-hybridized carbons (Fsp3) is 0.625. The lowest BCUT2D eigenvalue weighted by Gasteiger charge is -2.26. The largest absolute Gasteiger partial charge is 0.313 e. The summed E-state index contributed by atoms with van der Waals surface area (Å²) in [6.07, 6.45) is 5.42. The maximum Gasteiger partial charge on any atom is 0.0408 e. The molecule has 2 nitrogen and oxygen atoms in total. The summed E-state index contributed by atoms with van der Waals surface area (Å²) < 4.78 is 0. The van der Waals surface area contributed by atoms with Gasteiger partial charge in [0.2, 0.25) is 0 Å². The Labute approximate surface area is 121 Å². The minimum Gasteiger partial charge on any atom is -0.313 e. The second kappa shape index (κ2) is 5.82. The summed E-state index contributed by atoms with van der Waals surface area (Å²) in [5, 5.41) is 4.46. The summed E-state index contributed by atoms with van der Waals surface area (Å²) in [6.45, 7) is 5.64. The molecule has 0 amide bonds. The Balaban J connectivity index is 1.66. The van der Waals surface area contributed by atoms with Crippen molar-refractivity contribution >= 4 is 11.6 Å². The van der Waals surface area contributed by atoms with E-state index in [1.165, 1.54) is 49.9 Å². The minimum atomic E-state index is 0.702. The van der Waals surface area contributed by atoms with Gasteiger partial charge < -0.3 is 5.32 Å². The van der Waals surface area contributed by atoms with Gasteiger partial charge >= 0.3 is 0 Å². The Morgan fingerprint density at radius 1 is 1.32 bits per heavy atom. The monoisotopic (exact) mass is 278 g/mol. The Bertz CT molecular complexity index is 436. The van der Waals surface area contributed by atoms with Gasteiger partial charge in [0.05, 0.1) is 0 Å². The van der Waals surface area contributed by atoms with Crippen molar-refractivity contribution in [3.8, 4) is 0 Å². The van der Waals surface area contributed by atoms with Crippen LogP contribution < -0.4 is 5.32 Å². The molecule has 1 aliphatic heterocycles. The van der Waals surface area contributed by atoms with E-state index in [0.717, 1.165) is 17.6 Å². The summed E-state index contributed by atoms with van der Waals surface area (Å²) in [5.41, 5.74) is 2.74. The topological polar surface area (TPSA) is 15.3 Å². The van der Waals surface area contributed by atoms with Crippen LogP contribution in [0.15, 0.2) is 18.2 Å². The molecule has 104 valence electrons. The molecule has 1 unspecified atom stereocenters. The molecule has 1 saturated heterocycles. The molecule has 1 heterocycles. The zero-order valence-corrected chi connectivity index (χ0v) is 12.4. The number of hydrogen-bond donors (Lipinski definition) is 1. The zero-order valence-electron chi connectivity index (χ0n) is 11.7. The maximum atomic E-state index is 6.04. The minimum absolute atomic E-state index is 0.702. The van der Waals surface area contributed by atoms with E-state index in [2.05, 4.69) is 29.3 Å². The first-order valence-electron chi connectivity index (χ1n) is 7.45. The van der Waals surface area contributed by atoms with Crippen LogP contribution in [0.25, 0.3) is 0 Å². The number of nitrogens with one attached hydrogen (secondary N) is 1. The van der Waals surface area contributed by atoms with E-state index in [-0.39, 0.29) is 0 Å². The Morgan fingerprint density at radius 3 is 2.79 bits per heavy atom. The van der Waals surface area contributed by atoms with Crippen LogP contribution in [0.2, 0.25) is 5.02 Å². The maximum absolute atomic E-state index is 6.04. The van der Waals surface area contributed by atoms with Gasteiger partial charge in [-0.1, -0.05) is 17.7 Å². The molecule has 0 radical (unpaired) electrons. The highest BCUT2D eigenvalue weighted by Crippen LogP contribution is 2.30. The van der Waals surface area contributed by atoms with Gasteiger partial charge in [-0.3, -0.25) is 4.90 Å². The molecule has 0 bridgehead atoms. The van der Waals surface area contributed by atoms with E-state index in [9.17, 15) is 0 Å². The van der Waals surface area contributed by atoms with E-state index in [1.54, 1.807) is 0 Å². The second-order valence-corrected chi connectivity index (χ2v) is 6.46.